The summed E-state index contributed by atoms with van der Waals surface area (Å²) < 4.78 is 43.9. The average molecular weight is 240 g/mol. The standard InChI is InChI=1S/C12H7F3O2/c1-6-4-7(5-17-6)12(16)8-2-3-9(13)11(15)10(8)14/h2-5H,1H3. The largest absolute Gasteiger partial charge is 0.469 e. The van der Waals surface area contributed by atoms with Crippen LogP contribution in [-0.2, 0) is 0 Å². The Labute approximate surface area is 94.7 Å². The molecule has 0 radical (unpaired) electrons. The lowest BCUT2D eigenvalue weighted by Crippen LogP contribution is -2.06. The van der Waals surface area contributed by atoms with Crippen molar-refractivity contribution in [3.8, 4) is 0 Å². The summed E-state index contributed by atoms with van der Waals surface area (Å²) in [5.41, 5.74) is -0.433. The highest BCUT2D eigenvalue weighted by Crippen LogP contribution is 2.19. The minimum atomic E-state index is -1.66. The molecule has 2 rings (SSSR count). The smallest absolute Gasteiger partial charge is 0.199 e. The van der Waals surface area contributed by atoms with Crippen molar-refractivity contribution < 1.29 is 22.4 Å². The van der Waals surface area contributed by atoms with Gasteiger partial charge >= 0.3 is 0 Å². The third-order valence-corrected chi connectivity index (χ3v) is 2.27. The number of carbonyl (C=O) groups excluding carboxylic acids is 1. The van der Waals surface area contributed by atoms with Gasteiger partial charge in [0.2, 0.25) is 0 Å². The minimum absolute atomic E-state index is 0.0902. The first-order valence-electron chi connectivity index (χ1n) is 4.74. The maximum atomic E-state index is 13.3. The summed E-state index contributed by atoms with van der Waals surface area (Å²) in [4.78, 5) is 11.8. The van der Waals surface area contributed by atoms with Crippen LogP contribution in [0.4, 0.5) is 13.2 Å². The highest BCUT2D eigenvalue weighted by Gasteiger charge is 2.20. The van der Waals surface area contributed by atoms with Crippen molar-refractivity contribution >= 4 is 5.78 Å². The van der Waals surface area contributed by atoms with Crippen LogP contribution < -0.4 is 0 Å². The van der Waals surface area contributed by atoms with E-state index < -0.39 is 28.8 Å². The molecular formula is C12H7F3O2. The van der Waals surface area contributed by atoms with Crippen LogP contribution in [0, 0.1) is 24.4 Å². The molecular weight excluding hydrogens is 233 g/mol. The molecule has 0 saturated heterocycles. The summed E-state index contributed by atoms with van der Waals surface area (Å²) in [6, 6.07) is 3.00. The van der Waals surface area contributed by atoms with Crippen molar-refractivity contribution in [2.45, 2.75) is 6.92 Å². The molecule has 17 heavy (non-hydrogen) atoms. The quantitative estimate of drug-likeness (QED) is 0.595. The maximum absolute atomic E-state index is 13.3. The first-order valence-corrected chi connectivity index (χ1v) is 4.74. The molecule has 0 unspecified atom stereocenters. The summed E-state index contributed by atoms with van der Waals surface area (Å²) in [5.74, 6) is -4.76. The zero-order valence-corrected chi connectivity index (χ0v) is 8.76. The van der Waals surface area contributed by atoms with E-state index in [1.165, 1.54) is 6.07 Å². The van der Waals surface area contributed by atoms with Crippen LogP contribution in [0.2, 0.25) is 0 Å². The molecule has 0 spiro atoms. The Bertz CT molecular complexity index is 587. The lowest BCUT2D eigenvalue weighted by molar-refractivity contribution is 0.103. The van der Waals surface area contributed by atoms with Crippen LogP contribution in [0.1, 0.15) is 21.7 Å². The van der Waals surface area contributed by atoms with Gasteiger partial charge in [-0.25, -0.2) is 13.2 Å². The van der Waals surface area contributed by atoms with E-state index in [1.54, 1.807) is 6.92 Å². The van der Waals surface area contributed by atoms with Crippen molar-refractivity contribution in [1.82, 2.24) is 0 Å². The van der Waals surface area contributed by atoms with Gasteiger partial charge in [-0.1, -0.05) is 0 Å². The van der Waals surface area contributed by atoms with E-state index in [0.29, 0.717) is 11.8 Å². The van der Waals surface area contributed by atoms with Gasteiger partial charge < -0.3 is 4.42 Å². The number of aryl methyl sites for hydroxylation is 1. The van der Waals surface area contributed by atoms with Gasteiger partial charge in [0, 0.05) is 0 Å². The summed E-state index contributed by atoms with van der Waals surface area (Å²) in [6.07, 6.45) is 1.14. The van der Waals surface area contributed by atoms with E-state index in [9.17, 15) is 18.0 Å². The zero-order valence-electron chi connectivity index (χ0n) is 8.76. The van der Waals surface area contributed by atoms with Crippen LogP contribution in [0.3, 0.4) is 0 Å². The first-order chi connectivity index (χ1) is 8.00. The molecule has 1 heterocycles. The van der Waals surface area contributed by atoms with Crippen LogP contribution in [0.25, 0.3) is 0 Å². The van der Waals surface area contributed by atoms with Gasteiger partial charge in [0.05, 0.1) is 11.1 Å². The van der Waals surface area contributed by atoms with E-state index in [-0.39, 0.29) is 5.56 Å². The van der Waals surface area contributed by atoms with Crippen LogP contribution in [0.15, 0.2) is 28.9 Å². The molecule has 0 saturated carbocycles. The predicted molar refractivity (Wildman–Crippen MR) is 53.2 cm³/mol. The number of halogens is 3. The van der Waals surface area contributed by atoms with Gasteiger partial charge in [-0.3, -0.25) is 4.79 Å². The number of hydrogen-bond donors (Lipinski definition) is 0. The molecule has 0 aliphatic heterocycles. The molecule has 2 nitrogen and oxygen atoms in total. The normalized spacial score (nSPS) is 10.6. The Kier molecular flexibility index (Phi) is 2.75. The number of furan rings is 1. The molecule has 0 N–H and O–H groups in total. The van der Waals surface area contributed by atoms with Crippen LogP contribution >= 0.6 is 0 Å². The van der Waals surface area contributed by atoms with Gasteiger partial charge in [-0.15, -0.1) is 0 Å². The first kappa shape index (κ1) is 11.4. The molecule has 5 heteroatoms. The molecule has 1 aromatic heterocycles. The van der Waals surface area contributed by atoms with E-state index in [4.69, 9.17) is 4.42 Å². The Morgan fingerprint density at radius 2 is 1.88 bits per heavy atom. The molecule has 0 fully saturated rings. The zero-order chi connectivity index (χ0) is 12.6. The second-order valence-corrected chi connectivity index (χ2v) is 3.50. The number of rotatable bonds is 2. The summed E-state index contributed by atoms with van der Waals surface area (Å²) in [7, 11) is 0. The summed E-state index contributed by atoms with van der Waals surface area (Å²) >= 11 is 0. The molecule has 0 aliphatic rings. The minimum Gasteiger partial charge on any atom is -0.469 e. The monoisotopic (exact) mass is 240 g/mol. The Morgan fingerprint density at radius 1 is 1.18 bits per heavy atom. The van der Waals surface area contributed by atoms with E-state index in [0.717, 1.165) is 12.3 Å². The van der Waals surface area contributed by atoms with E-state index in [1.807, 2.05) is 0 Å². The second-order valence-electron chi connectivity index (χ2n) is 3.50. The van der Waals surface area contributed by atoms with E-state index in [2.05, 4.69) is 0 Å². The van der Waals surface area contributed by atoms with E-state index >= 15 is 0 Å². The van der Waals surface area contributed by atoms with Gasteiger partial charge in [-0.05, 0) is 25.1 Å². The number of benzene rings is 1. The van der Waals surface area contributed by atoms with Crippen molar-refractivity contribution in [1.29, 1.82) is 0 Å². The van der Waals surface area contributed by atoms with Gasteiger partial charge in [-0.2, -0.15) is 0 Å². The van der Waals surface area contributed by atoms with Gasteiger partial charge in [0.15, 0.2) is 23.2 Å². The topological polar surface area (TPSA) is 30.2 Å². The maximum Gasteiger partial charge on any atom is 0.199 e. The average Bonchev–Trinajstić information content (AvgIpc) is 2.72. The van der Waals surface area contributed by atoms with Gasteiger partial charge in [0.1, 0.15) is 12.0 Å². The third kappa shape index (κ3) is 1.95. The second kappa shape index (κ2) is 4.08. The van der Waals surface area contributed by atoms with Crippen LogP contribution in [0.5, 0.6) is 0 Å². The summed E-state index contributed by atoms with van der Waals surface area (Å²) in [6.45, 7) is 1.61. The fraction of sp³-hybridized carbons (Fsp3) is 0.0833. The Morgan fingerprint density at radius 3 is 2.47 bits per heavy atom. The molecule has 0 atom stereocenters. The highest BCUT2D eigenvalue weighted by atomic mass is 19.2. The fourth-order valence-corrected chi connectivity index (χ4v) is 1.42. The number of carbonyl (C=O) groups is 1. The molecule has 88 valence electrons. The predicted octanol–water partition coefficient (Wildman–Crippen LogP) is 3.24. The van der Waals surface area contributed by atoms with Crippen molar-refractivity contribution in [3.05, 3.63) is 58.8 Å². The number of hydrogen-bond acceptors (Lipinski definition) is 2. The molecule has 0 amide bonds. The molecule has 0 bridgehead atoms. The van der Waals surface area contributed by atoms with Gasteiger partial charge in [0.25, 0.3) is 0 Å². The Hall–Kier alpha value is -2.04. The Balaban J connectivity index is 2.48. The van der Waals surface area contributed by atoms with Crippen molar-refractivity contribution in [3.63, 3.8) is 0 Å². The molecule has 1 aromatic carbocycles. The number of ketones is 1. The summed E-state index contributed by atoms with van der Waals surface area (Å²) in [5, 5.41) is 0. The lowest BCUT2D eigenvalue weighted by atomic mass is 10.0. The SMILES string of the molecule is Cc1cc(C(=O)c2ccc(F)c(F)c2F)co1. The molecule has 2 aromatic rings. The fourth-order valence-electron chi connectivity index (χ4n) is 1.42. The van der Waals surface area contributed by atoms with Crippen molar-refractivity contribution in [2.24, 2.45) is 0 Å². The highest BCUT2D eigenvalue weighted by molar-refractivity contribution is 6.09. The van der Waals surface area contributed by atoms with Crippen molar-refractivity contribution in [2.75, 3.05) is 0 Å². The lowest BCUT2D eigenvalue weighted by Gasteiger charge is -2.01. The third-order valence-electron chi connectivity index (χ3n) is 2.27. The van der Waals surface area contributed by atoms with Crippen LogP contribution in [-0.4, -0.2) is 5.78 Å². The molecule has 0 aliphatic carbocycles.